The first-order chi connectivity index (χ1) is 10.7. The van der Waals surface area contributed by atoms with E-state index in [0.29, 0.717) is 24.7 Å². The van der Waals surface area contributed by atoms with Crippen molar-refractivity contribution in [2.75, 3.05) is 30.2 Å². The highest BCUT2D eigenvalue weighted by Gasteiger charge is 2.26. The molecule has 1 saturated heterocycles. The lowest BCUT2D eigenvalue weighted by atomic mass is 9.99. The Bertz CT molecular complexity index is 677. The number of nitrogens with zero attached hydrogens (tertiary/aromatic N) is 2. The van der Waals surface area contributed by atoms with Crippen molar-refractivity contribution in [1.29, 1.82) is 0 Å². The molecule has 1 aromatic carbocycles. The van der Waals surface area contributed by atoms with Crippen molar-refractivity contribution in [3.63, 3.8) is 0 Å². The smallest absolute Gasteiger partial charge is 0.243 e. The minimum atomic E-state index is -3.51. The van der Waals surface area contributed by atoms with E-state index in [-0.39, 0.29) is 12.5 Å². The first-order valence-corrected chi connectivity index (χ1v) is 9.86. The van der Waals surface area contributed by atoms with E-state index in [1.165, 1.54) is 4.31 Å². The summed E-state index contributed by atoms with van der Waals surface area (Å²) in [5, 5.41) is 0. The first-order valence-electron chi connectivity index (χ1n) is 8.01. The molecule has 0 spiro atoms. The van der Waals surface area contributed by atoms with Gasteiger partial charge in [-0.05, 0) is 44.2 Å². The Balaban J connectivity index is 2.21. The Morgan fingerprint density at radius 1 is 1.26 bits per heavy atom. The van der Waals surface area contributed by atoms with E-state index in [0.717, 1.165) is 30.2 Å². The monoisotopic (exact) mass is 338 g/mol. The molecule has 1 heterocycles. The zero-order valence-corrected chi connectivity index (χ0v) is 15.2. The molecule has 0 unspecified atom stereocenters. The van der Waals surface area contributed by atoms with Gasteiger partial charge in [-0.25, -0.2) is 8.42 Å². The van der Waals surface area contributed by atoms with Crippen molar-refractivity contribution in [1.82, 2.24) is 4.90 Å². The molecule has 0 atom stereocenters. The van der Waals surface area contributed by atoms with Gasteiger partial charge in [-0.2, -0.15) is 0 Å². The average molecular weight is 338 g/mol. The van der Waals surface area contributed by atoms with Gasteiger partial charge in [-0.15, -0.1) is 0 Å². The van der Waals surface area contributed by atoms with Gasteiger partial charge in [0.2, 0.25) is 15.9 Å². The zero-order valence-electron chi connectivity index (χ0n) is 14.4. The number of carbonyl (C=O) groups is 1. The Hall–Kier alpha value is -1.56. The van der Waals surface area contributed by atoms with Crippen molar-refractivity contribution in [2.45, 2.75) is 33.6 Å². The van der Waals surface area contributed by atoms with Crippen LogP contribution < -0.4 is 4.31 Å². The molecule has 2 rings (SSSR count). The molecule has 23 heavy (non-hydrogen) atoms. The van der Waals surface area contributed by atoms with E-state index in [1.807, 2.05) is 26.0 Å². The number of sulfonamides is 1. The second-order valence-corrected chi connectivity index (χ2v) is 8.53. The number of carbonyl (C=O) groups excluding carboxylic acids is 1. The lowest BCUT2D eigenvalue weighted by molar-refractivity contribution is -0.130. The molecule has 1 aromatic rings. The number of aryl methyl sites for hydroxylation is 2. The van der Waals surface area contributed by atoms with Crippen molar-refractivity contribution < 1.29 is 13.2 Å². The van der Waals surface area contributed by atoms with Gasteiger partial charge in [0.25, 0.3) is 0 Å². The largest absolute Gasteiger partial charge is 0.341 e. The van der Waals surface area contributed by atoms with Crippen LogP contribution in [0.5, 0.6) is 0 Å². The van der Waals surface area contributed by atoms with Gasteiger partial charge in [0.1, 0.15) is 6.54 Å². The maximum atomic E-state index is 12.5. The summed E-state index contributed by atoms with van der Waals surface area (Å²) in [5.41, 5.74) is 2.50. The number of benzene rings is 1. The summed E-state index contributed by atoms with van der Waals surface area (Å²) in [4.78, 5) is 14.3. The number of piperidine rings is 1. The Kier molecular flexibility index (Phi) is 5.34. The zero-order chi connectivity index (χ0) is 17.2. The molecular weight excluding hydrogens is 312 g/mol. The maximum absolute atomic E-state index is 12.5. The van der Waals surface area contributed by atoms with Gasteiger partial charge in [0, 0.05) is 13.1 Å². The summed E-state index contributed by atoms with van der Waals surface area (Å²) >= 11 is 0. The van der Waals surface area contributed by atoms with Crippen molar-refractivity contribution in [3.05, 3.63) is 29.3 Å². The second-order valence-electron chi connectivity index (χ2n) is 6.62. The molecule has 6 heteroatoms. The maximum Gasteiger partial charge on any atom is 0.243 e. The molecule has 1 aliphatic heterocycles. The molecule has 1 aliphatic rings. The van der Waals surface area contributed by atoms with Crippen LogP contribution in [0.1, 0.15) is 30.9 Å². The van der Waals surface area contributed by atoms with Crippen LogP contribution in [0.15, 0.2) is 18.2 Å². The SMILES string of the molecule is Cc1ccc(N(CC(=O)N2CCC(C)CC2)S(C)(=O)=O)c(C)c1. The summed E-state index contributed by atoms with van der Waals surface area (Å²) in [6.45, 7) is 7.31. The molecule has 1 amide bonds. The van der Waals surface area contributed by atoms with E-state index in [1.54, 1.807) is 11.0 Å². The predicted octanol–water partition coefficient (Wildman–Crippen LogP) is 2.33. The molecular formula is C17H26N2O3S. The third-order valence-corrected chi connectivity index (χ3v) is 5.56. The predicted molar refractivity (Wildman–Crippen MR) is 93.1 cm³/mol. The van der Waals surface area contributed by atoms with Crippen LogP contribution in [0.3, 0.4) is 0 Å². The molecule has 0 aromatic heterocycles. The first kappa shape index (κ1) is 17.8. The number of anilines is 1. The van der Waals surface area contributed by atoms with E-state index in [4.69, 9.17) is 0 Å². The van der Waals surface area contributed by atoms with E-state index >= 15 is 0 Å². The van der Waals surface area contributed by atoms with Crippen LogP contribution in [0.2, 0.25) is 0 Å². The Morgan fingerprint density at radius 2 is 1.87 bits per heavy atom. The Morgan fingerprint density at radius 3 is 2.39 bits per heavy atom. The number of rotatable bonds is 4. The van der Waals surface area contributed by atoms with Gasteiger partial charge < -0.3 is 4.90 Å². The normalized spacial score (nSPS) is 16.4. The molecule has 0 N–H and O–H groups in total. The highest BCUT2D eigenvalue weighted by molar-refractivity contribution is 7.92. The van der Waals surface area contributed by atoms with Gasteiger partial charge in [0.15, 0.2) is 0 Å². The minimum absolute atomic E-state index is 0.123. The standard InChI is InChI=1S/C17H26N2O3S/c1-13-7-9-18(10-8-13)17(20)12-19(23(4,21)22)16-6-5-14(2)11-15(16)3/h5-6,11,13H,7-10,12H2,1-4H3. The topological polar surface area (TPSA) is 57.7 Å². The highest BCUT2D eigenvalue weighted by Crippen LogP contribution is 2.24. The molecule has 1 fully saturated rings. The van der Waals surface area contributed by atoms with Crippen LogP contribution in [0, 0.1) is 19.8 Å². The fourth-order valence-corrected chi connectivity index (χ4v) is 3.85. The minimum Gasteiger partial charge on any atom is -0.341 e. The molecule has 128 valence electrons. The fraction of sp³-hybridized carbons (Fsp3) is 0.588. The lowest BCUT2D eigenvalue weighted by Gasteiger charge is -2.32. The number of hydrogen-bond acceptors (Lipinski definition) is 3. The quantitative estimate of drug-likeness (QED) is 0.846. The van der Waals surface area contributed by atoms with E-state index in [9.17, 15) is 13.2 Å². The summed E-state index contributed by atoms with van der Waals surface area (Å²) in [5.74, 6) is 0.506. The van der Waals surface area contributed by atoms with Crippen molar-refractivity contribution in [3.8, 4) is 0 Å². The number of likely N-dealkylation sites (tertiary alicyclic amines) is 1. The van der Waals surface area contributed by atoms with Crippen LogP contribution in [-0.4, -0.2) is 45.1 Å². The highest BCUT2D eigenvalue weighted by atomic mass is 32.2. The van der Waals surface area contributed by atoms with Crippen LogP contribution in [-0.2, 0) is 14.8 Å². The van der Waals surface area contributed by atoms with Gasteiger partial charge in [0.05, 0.1) is 11.9 Å². The van der Waals surface area contributed by atoms with Crippen LogP contribution in [0.25, 0.3) is 0 Å². The number of hydrogen-bond donors (Lipinski definition) is 0. The summed E-state index contributed by atoms with van der Waals surface area (Å²) in [7, 11) is -3.51. The van der Waals surface area contributed by atoms with Crippen LogP contribution >= 0.6 is 0 Å². The molecule has 0 bridgehead atoms. The average Bonchev–Trinajstić information content (AvgIpc) is 2.45. The van der Waals surface area contributed by atoms with Crippen molar-refractivity contribution in [2.24, 2.45) is 5.92 Å². The molecule has 5 nitrogen and oxygen atoms in total. The summed E-state index contributed by atoms with van der Waals surface area (Å²) < 4.78 is 25.6. The molecule has 0 radical (unpaired) electrons. The van der Waals surface area contributed by atoms with Gasteiger partial charge >= 0.3 is 0 Å². The summed E-state index contributed by atoms with van der Waals surface area (Å²) in [6, 6.07) is 5.57. The number of amides is 1. The summed E-state index contributed by atoms with van der Waals surface area (Å²) in [6.07, 6.45) is 3.11. The van der Waals surface area contributed by atoms with Gasteiger partial charge in [-0.3, -0.25) is 9.10 Å². The van der Waals surface area contributed by atoms with E-state index in [2.05, 4.69) is 6.92 Å². The third kappa shape index (κ3) is 4.47. The fourth-order valence-electron chi connectivity index (χ4n) is 2.95. The molecule has 0 saturated carbocycles. The van der Waals surface area contributed by atoms with Gasteiger partial charge in [-0.1, -0.05) is 24.6 Å². The van der Waals surface area contributed by atoms with Crippen LogP contribution in [0.4, 0.5) is 5.69 Å². The molecule has 0 aliphatic carbocycles. The second kappa shape index (κ2) is 6.91. The Labute approximate surface area is 139 Å². The lowest BCUT2D eigenvalue weighted by Crippen LogP contribution is -2.45. The van der Waals surface area contributed by atoms with Crippen molar-refractivity contribution >= 4 is 21.6 Å². The third-order valence-electron chi connectivity index (χ3n) is 4.44. The van der Waals surface area contributed by atoms with E-state index < -0.39 is 10.0 Å².